The lowest BCUT2D eigenvalue weighted by molar-refractivity contribution is -0.591. The minimum atomic E-state index is -0.687. The fourth-order valence-corrected chi connectivity index (χ4v) is 1.79. The van der Waals surface area contributed by atoms with E-state index >= 15 is 0 Å². The summed E-state index contributed by atoms with van der Waals surface area (Å²) in [5.41, 5.74) is -0.641. The van der Waals surface area contributed by atoms with Gasteiger partial charge in [-0.2, -0.15) is 9.83 Å². The molecule has 7 nitrogen and oxygen atoms in total. The molecule has 0 unspecified atom stereocenters. The predicted molar refractivity (Wildman–Crippen MR) is 57.8 cm³/mol. The molecule has 84 valence electrons. The first-order valence-corrected chi connectivity index (χ1v) is 4.81. The van der Waals surface area contributed by atoms with Crippen LogP contribution in [0.2, 0.25) is 0 Å². The van der Waals surface area contributed by atoms with Gasteiger partial charge < -0.3 is 10.4 Å². The third-order valence-corrected chi connectivity index (χ3v) is 2.55. The van der Waals surface area contributed by atoms with Gasteiger partial charge in [0, 0.05) is 12.1 Å². The first kappa shape index (κ1) is 9.52. The van der Waals surface area contributed by atoms with Crippen molar-refractivity contribution in [1.29, 1.82) is 0 Å². The van der Waals surface area contributed by atoms with Gasteiger partial charge in [0.1, 0.15) is 6.20 Å². The molecule has 2 heterocycles. The Morgan fingerprint density at radius 2 is 1.71 bits per heavy atom. The number of benzene rings is 1. The van der Waals surface area contributed by atoms with Crippen molar-refractivity contribution in [1.82, 2.24) is 10.2 Å². The molecule has 0 atom stereocenters. The number of aromatic nitrogens is 4. The summed E-state index contributed by atoms with van der Waals surface area (Å²) in [7, 11) is 0. The van der Waals surface area contributed by atoms with Gasteiger partial charge in [-0.05, 0) is 0 Å². The number of hydrogen-bond donors (Lipinski definition) is 1. The summed E-state index contributed by atoms with van der Waals surface area (Å²) < 4.78 is 0.973. The smallest absolute Gasteiger partial charge is 0.359 e. The Morgan fingerprint density at radius 3 is 2.41 bits per heavy atom. The summed E-state index contributed by atoms with van der Waals surface area (Å²) in [6.45, 7) is 0. The number of fused-ring (bicyclic) bond motifs is 2. The van der Waals surface area contributed by atoms with Crippen LogP contribution in [0.1, 0.15) is 0 Å². The molecule has 2 aromatic heterocycles. The average Bonchev–Trinajstić information content (AvgIpc) is 2.36. The van der Waals surface area contributed by atoms with Crippen molar-refractivity contribution < 1.29 is 9.46 Å². The summed E-state index contributed by atoms with van der Waals surface area (Å²) in [5.74, 6) is 0. The van der Waals surface area contributed by atoms with Gasteiger partial charge in [0.05, 0.1) is 0 Å². The molecule has 0 amide bonds. The molecule has 0 fully saturated rings. The highest BCUT2D eigenvalue weighted by molar-refractivity contribution is 5.75. The fourth-order valence-electron chi connectivity index (χ4n) is 1.79. The molecule has 0 aliphatic carbocycles. The third kappa shape index (κ3) is 1.16. The Labute approximate surface area is 93.7 Å². The molecule has 0 saturated heterocycles. The van der Waals surface area contributed by atoms with Crippen LogP contribution >= 0.6 is 0 Å². The van der Waals surface area contributed by atoms with Gasteiger partial charge in [0.15, 0.2) is 0 Å². The van der Waals surface area contributed by atoms with Crippen molar-refractivity contribution in [3.63, 3.8) is 0 Å². The molecule has 7 heteroatoms. The Kier molecular flexibility index (Phi) is 1.76. The molecule has 3 aromatic rings. The second-order valence-electron chi connectivity index (χ2n) is 3.51. The molecule has 17 heavy (non-hydrogen) atoms. The van der Waals surface area contributed by atoms with Crippen LogP contribution in [0.4, 0.5) is 0 Å². The molecular formula is C10H6N4O3. The third-order valence-electron chi connectivity index (χ3n) is 2.55. The van der Waals surface area contributed by atoms with Crippen LogP contribution in [-0.4, -0.2) is 10.2 Å². The van der Waals surface area contributed by atoms with E-state index in [0.29, 0.717) is 9.46 Å². The number of nitrogens with one attached hydrogen (secondary N) is 1. The Bertz CT molecular complexity index is 797. The highest BCUT2D eigenvalue weighted by atomic mass is 16.5. The standard InChI is InChI=1S/C10H6N4O3/c15-10-9-8(5-11-12-10)13(16)6-3-1-2-4-7(6)14(9)17/h1-5H,(H,12,15). The SMILES string of the molecule is O=c1[nH]ncc2c1[n+]([O-])c1ccccc1[n+]2[O-]. The van der Waals surface area contributed by atoms with Crippen LogP contribution in [0.15, 0.2) is 35.3 Å². The first-order valence-electron chi connectivity index (χ1n) is 4.81. The minimum Gasteiger partial charge on any atom is -0.617 e. The summed E-state index contributed by atoms with van der Waals surface area (Å²) in [5, 5.41) is 29.6. The number of rotatable bonds is 0. The molecule has 0 saturated carbocycles. The molecule has 0 bridgehead atoms. The maximum Gasteiger partial charge on any atom is 0.359 e. The molecular weight excluding hydrogens is 224 g/mol. The molecule has 0 aliphatic rings. The van der Waals surface area contributed by atoms with Crippen LogP contribution in [-0.2, 0) is 0 Å². The summed E-state index contributed by atoms with van der Waals surface area (Å²) >= 11 is 0. The van der Waals surface area contributed by atoms with Gasteiger partial charge in [0.2, 0.25) is 0 Å². The van der Waals surface area contributed by atoms with Gasteiger partial charge in [0.25, 0.3) is 11.0 Å². The number of H-pyrrole nitrogens is 1. The van der Waals surface area contributed by atoms with Crippen LogP contribution in [0.3, 0.4) is 0 Å². The van der Waals surface area contributed by atoms with Crippen LogP contribution in [0.5, 0.6) is 0 Å². The van der Waals surface area contributed by atoms with Gasteiger partial charge >= 0.3 is 16.6 Å². The quantitative estimate of drug-likeness (QED) is 0.315. The minimum absolute atomic E-state index is 0.0533. The largest absolute Gasteiger partial charge is 0.617 e. The van der Waals surface area contributed by atoms with E-state index in [9.17, 15) is 15.2 Å². The van der Waals surface area contributed by atoms with E-state index in [0.717, 1.165) is 6.20 Å². The highest BCUT2D eigenvalue weighted by Gasteiger charge is 2.23. The van der Waals surface area contributed by atoms with Crippen molar-refractivity contribution in [3.05, 3.63) is 51.2 Å². The molecule has 0 aliphatic heterocycles. The molecule has 0 spiro atoms. The van der Waals surface area contributed by atoms with E-state index in [1.54, 1.807) is 12.1 Å². The van der Waals surface area contributed by atoms with Crippen LogP contribution < -0.4 is 15.0 Å². The lowest BCUT2D eigenvalue weighted by Crippen LogP contribution is -2.43. The lowest BCUT2D eigenvalue weighted by atomic mass is 10.3. The monoisotopic (exact) mass is 230 g/mol. The van der Waals surface area contributed by atoms with Crippen LogP contribution in [0.25, 0.3) is 22.1 Å². The molecule has 0 radical (unpaired) electrons. The van der Waals surface area contributed by atoms with Crippen LogP contribution in [0, 0.1) is 10.4 Å². The fraction of sp³-hybridized carbons (Fsp3) is 0. The number of para-hydroxylation sites is 2. The molecule has 3 rings (SSSR count). The second-order valence-corrected chi connectivity index (χ2v) is 3.51. The topological polar surface area (TPSA) is 99.6 Å². The number of nitrogens with zero attached hydrogens (tertiary/aromatic N) is 3. The van der Waals surface area contributed by atoms with E-state index in [1.807, 2.05) is 0 Å². The predicted octanol–water partition coefficient (Wildman–Crippen LogP) is -0.657. The second kappa shape index (κ2) is 3.14. The van der Waals surface area contributed by atoms with Gasteiger partial charge in [-0.1, -0.05) is 12.1 Å². The maximum absolute atomic E-state index is 12.0. The number of hydrogen-bond acceptors (Lipinski definition) is 4. The van der Waals surface area contributed by atoms with Crippen molar-refractivity contribution in [2.45, 2.75) is 0 Å². The summed E-state index contributed by atoms with van der Waals surface area (Å²) in [6.07, 6.45) is 1.16. The number of aromatic amines is 1. The highest BCUT2D eigenvalue weighted by Crippen LogP contribution is 2.07. The van der Waals surface area contributed by atoms with E-state index in [-0.39, 0.29) is 22.1 Å². The first-order chi connectivity index (χ1) is 8.20. The maximum atomic E-state index is 12.0. The Morgan fingerprint density at radius 1 is 1.06 bits per heavy atom. The van der Waals surface area contributed by atoms with Gasteiger partial charge in [-0.3, -0.25) is 4.79 Å². The van der Waals surface area contributed by atoms with Crippen molar-refractivity contribution in [3.8, 4) is 0 Å². The van der Waals surface area contributed by atoms with E-state index in [4.69, 9.17) is 0 Å². The van der Waals surface area contributed by atoms with Crippen molar-refractivity contribution >= 4 is 22.1 Å². The normalized spacial score (nSPS) is 11.1. The van der Waals surface area contributed by atoms with E-state index in [1.165, 1.54) is 12.1 Å². The molecule has 1 N–H and O–H groups in total. The zero-order chi connectivity index (χ0) is 12.0. The van der Waals surface area contributed by atoms with Gasteiger partial charge in [-0.15, -0.1) is 4.73 Å². The summed E-state index contributed by atoms with van der Waals surface area (Å²) in [6, 6.07) is 6.26. The molecule has 1 aromatic carbocycles. The average molecular weight is 230 g/mol. The van der Waals surface area contributed by atoms with Gasteiger partial charge in [-0.25, -0.2) is 5.10 Å². The summed E-state index contributed by atoms with van der Waals surface area (Å²) in [4.78, 5) is 11.5. The van der Waals surface area contributed by atoms with E-state index in [2.05, 4.69) is 10.2 Å². The van der Waals surface area contributed by atoms with Crippen molar-refractivity contribution in [2.24, 2.45) is 0 Å². The Balaban J connectivity index is 2.74. The lowest BCUT2D eigenvalue weighted by Gasteiger charge is -2.05. The zero-order valence-electron chi connectivity index (χ0n) is 8.45. The Hall–Kier alpha value is -2.70. The van der Waals surface area contributed by atoms with Crippen molar-refractivity contribution in [2.75, 3.05) is 0 Å². The van der Waals surface area contributed by atoms with E-state index < -0.39 is 5.56 Å². The zero-order valence-corrected chi connectivity index (χ0v) is 8.45.